The minimum Gasteiger partial charge on any atom is -0.465 e. The van der Waals surface area contributed by atoms with Crippen LogP contribution in [0.3, 0.4) is 0 Å². The third-order valence-electron chi connectivity index (χ3n) is 4.95. The number of rotatable bonds is 6. The normalized spacial score (nSPS) is 19.6. The summed E-state index contributed by atoms with van der Waals surface area (Å²) in [6.07, 6.45) is -3.43. The average molecular weight is 457 g/mol. The second-order valence-corrected chi connectivity index (χ2v) is 9.15. The Labute approximate surface area is 182 Å². The van der Waals surface area contributed by atoms with Crippen LogP contribution in [0.1, 0.15) is 23.9 Å². The summed E-state index contributed by atoms with van der Waals surface area (Å²) in [5.41, 5.74) is -1.93. The van der Waals surface area contributed by atoms with Gasteiger partial charge in [-0.3, -0.25) is 4.79 Å². The molecule has 7 nitrogen and oxygen atoms in total. The van der Waals surface area contributed by atoms with Crippen LogP contribution in [0.25, 0.3) is 0 Å². The fourth-order valence-electron chi connectivity index (χ4n) is 3.33. The van der Waals surface area contributed by atoms with Crippen molar-refractivity contribution < 1.29 is 22.7 Å². The van der Waals surface area contributed by atoms with Crippen LogP contribution in [0.4, 0.5) is 29.9 Å². The second kappa shape index (κ2) is 7.95. The van der Waals surface area contributed by atoms with Gasteiger partial charge in [-0.2, -0.15) is 18.2 Å². The summed E-state index contributed by atoms with van der Waals surface area (Å²) < 4.78 is 44.7. The summed E-state index contributed by atoms with van der Waals surface area (Å²) in [4.78, 5) is 24.7. The number of thiazole rings is 1. The van der Waals surface area contributed by atoms with Crippen molar-refractivity contribution >= 4 is 69.2 Å². The molecule has 15 heteroatoms. The van der Waals surface area contributed by atoms with Crippen LogP contribution in [0, 0.1) is 0 Å². The van der Waals surface area contributed by atoms with Crippen LogP contribution in [0.2, 0.25) is 10.3 Å². The van der Waals surface area contributed by atoms with Gasteiger partial charge in [-0.15, -0.1) is 0 Å². The van der Waals surface area contributed by atoms with E-state index in [1.807, 2.05) is 23.5 Å². The zero-order chi connectivity index (χ0) is 22.3. The SMILES string of the molecule is BC(B)(B)[C@@]1(c2nc(Cl)c(Nc3ncc(C(F)(F)F)c(NCC)n3)s2)CCOC1=O. The summed E-state index contributed by atoms with van der Waals surface area (Å²) >= 11 is 7.40. The fourth-order valence-corrected chi connectivity index (χ4v) is 4.90. The number of alkyl halides is 3. The van der Waals surface area contributed by atoms with Crippen molar-refractivity contribution in [1.29, 1.82) is 0 Å². The molecule has 1 atom stereocenters. The maximum Gasteiger partial charge on any atom is 0.421 e. The molecule has 1 aliphatic heterocycles. The van der Waals surface area contributed by atoms with Gasteiger partial charge in [0.1, 0.15) is 26.8 Å². The lowest BCUT2D eigenvalue weighted by molar-refractivity contribution is -0.142. The standard InChI is InChI=1S/C15H18B3ClF3N5O2S/c1-2-23-8-6(14(20,21)22)5-24-12(26-8)27-9-7(19)25-10(30-9)13(15(16,17)18)3-4-29-11(13)28/h5H,2-4,16-18H2,1H3,(H2,23,24,26,27)/t13-/m1/s1. The minimum absolute atomic E-state index is 0.0742. The molecule has 1 aliphatic rings. The Bertz CT molecular complexity index is 972. The number of nitrogens with one attached hydrogen (secondary N) is 2. The van der Waals surface area contributed by atoms with Gasteiger partial charge in [-0.1, -0.05) is 28.1 Å². The minimum atomic E-state index is -4.59. The lowest BCUT2D eigenvalue weighted by atomic mass is 9.32. The van der Waals surface area contributed by atoms with E-state index in [4.69, 9.17) is 16.3 Å². The number of hydrogen-bond acceptors (Lipinski definition) is 8. The Hall–Kier alpha value is -1.95. The molecule has 0 spiro atoms. The predicted octanol–water partition coefficient (Wildman–Crippen LogP) is 0.938. The van der Waals surface area contributed by atoms with E-state index in [1.165, 1.54) is 0 Å². The smallest absolute Gasteiger partial charge is 0.421 e. The average Bonchev–Trinajstić information content (AvgIpc) is 3.18. The Kier molecular flexibility index (Phi) is 6.03. The van der Waals surface area contributed by atoms with Crippen molar-refractivity contribution in [3.8, 4) is 0 Å². The number of nitrogens with zero attached hydrogens (tertiary/aromatic N) is 3. The second-order valence-electron chi connectivity index (χ2n) is 7.79. The Morgan fingerprint density at radius 2 is 2.03 bits per heavy atom. The first-order valence-corrected chi connectivity index (χ1v) is 10.4. The summed E-state index contributed by atoms with van der Waals surface area (Å²) in [5.74, 6) is -0.782. The van der Waals surface area contributed by atoms with Gasteiger partial charge in [0.25, 0.3) is 0 Å². The van der Waals surface area contributed by atoms with Crippen molar-refractivity contribution in [3.05, 3.63) is 21.9 Å². The van der Waals surface area contributed by atoms with Gasteiger partial charge >= 0.3 is 12.1 Å². The molecular weight excluding hydrogens is 439 g/mol. The lowest BCUT2D eigenvalue weighted by Crippen LogP contribution is -2.45. The molecule has 0 bridgehead atoms. The summed E-state index contributed by atoms with van der Waals surface area (Å²) in [5, 5.41) is 5.81. The van der Waals surface area contributed by atoms with Gasteiger partial charge in [-0.05, 0) is 6.92 Å². The van der Waals surface area contributed by atoms with Gasteiger partial charge in [0.2, 0.25) is 5.95 Å². The summed E-state index contributed by atoms with van der Waals surface area (Å²) in [6.45, 7) is 2.19. The topological polar surface area (TPSA) is 89.0 Å². The molecule has 1 fully saturated rings. The number of esters is 1. The van der Waals surface area contributed by atoms with Crippen LogP contribution in [0.5, 0.6) is 0 Å². The van der Waals surface area contributed by atoms with Gasteiger partial charge in [0.05, 0.1) is 30.1 Å². The molecule has 0 aromatic carbocycles. The van der Waals surface area contributed by atoms with Gasteiger partial charge in [-0.25, -0.2) is 9.97 Å². The van der Waals surface area contributed by atoms with E-state index < -0.39 is 22.3 Å². The Morgan fingerprint density at radius 1 is 1.33 bits per heavy atom. The van der Waals surface area contributed by atoms with Gasteiger partial charge in [0, 0.05) is 19.2 Å². The number of anilines is 3. The van der Waals surface area contributed by atoms with Crippen LogP contribution in [-0.2, 0) is 21.1 Å². The molecule has 3 heterocycles. The lowest BCUT2D eigenvalue weighted by Gasteiger charge is -2.36. The van der Waals surface area contributed by atoms with E-state index in [9.17, 15) is 18.0 Å². The first-order valence-electron chi connectivity index (χ1n) is 9.19. The summed E-state index contributed by atoms with van der Waals surface area (Å²) in [6, 6.07) is 0. The molecule has 2 aromatic heterocycles. The molecule has 0 aliphatic carbocycles. The molecule has 0 unspecified atom stereocenters. The molecule has 3 rings (SSSR count). The van der Waals surface area contributed by atoms with E-state index in [-0.39, 0.29) is 36.0 Å². The first-order chi connectivity index (χ1) is 13.9. The highest BCUT2D eigenvalue weighted by molar-refractivity contribution is 7.16. The predicted molar refractivity (Wildman–Crippen MR) is 117 cm³/mol. The van der Waals surface area contributed by atoms with Crippen molar-refractivity contribution in [2.75, 3.05) is 23.8 Å². The van der Waals surface area contributed by atoms with Crippen LogP contribution >= 0.6 is 22.9 Å². The van der Waals surface area contributed by atoms with E-state index in [0.717, 1.165) is 11.3 Å². The van der Waals surface area contributed by atoms with Crippen molar-refractivity contribution in [2.45, 2.75) is 30.0 Å². The molecule has 0 saturated carbocycles. The molecule has 2 aromatic rings. The number of aromatic nitrogens is 3. The fraction of sp³-hybridized carbons (Fsp3) is 0.467. The number of ether oxygens (including phenoxy) is 1. The van der Waals surface area contributed by atoms with Crippen molar-refractivity contribution in [2.24, 2.45) is 0 Å². The van der Waals surface area contributed by atoms with E-state index in [1.54, 1.807) is 6.92 Å². The van der Waals surface area contributed by atoms with Crippen molar-refractivity contribution in [1.82, 2.24) is 15.0 Å². The van der Waals surface area contributed by atoms with Crippen LogP contribution in [0.15, 0.2) is 6.20 Å². The third-order valence-corrected chi connectivity index (χ3v) is 6.47. The molecule has 30 heavy (non-hydrogen) atoms. The number of cyclic esters (lactones) is 1. The highest BCUT2D eigenvalue weighted by atomic mass is 35.5. The number of hydrogen-bond donors (Lipinski definition) is 2. The number of carbonyl (C=O) groups is 1. The van der Waals surface area contributed by atoms with E-state index in [2.05, 4.69) is 25.6 Å². The van der Waals surface area contributed by atoms with E-state index in [0.29, 0.717) is 22.6 Å². The molecule has 1 saturated heterocycles. The highest BCUT2D eigenvalue weighted by Gasteiger charge is 2.56. The highest BCUT2D eigenvalue weighted by Crippen LogP contribution is 2.51. The van der Waals surface area contributed by atoms with E-state index >= 15 is 0 Å². The van der Waals surface area contributed by atoms with Gasteiger partial charge in [0.15, 0.2) is 5.15 Å². The number of halogens is 4. The maximum absolute atomic E-state index is 13.1. The van der Waals surface area contributed by atoms with Crippen molar-refractivity contribution in [3.63, 3.8) is 0 Å². The zero-order valence-corrected chi connectivity index (χ0v) is 18.3. The molecule has 0 amide bonds. The number of carbonyl (C=O) groups excluding carboxylic acids is 1. The molecule has 2 N–H and O–H groups in total. The Balaban J connectivity index is 1.97. The van der Waals surface area contributed by atoms with Gasteiger partial charge < -0.3 is 15.4 Å². The summed E-state index contributed by atoms with van der Waals surface area (Å²) in [7, 11) is 5.76. The molecule has 158 valence electrons. The third kappa shape index (κ3) is 3.99. The van der Waals surface area contributed by atoms with Crippen LogP contribution in [-0.4, -0.2) is 57.6 Å². The zero-order valence-electron chi connectivity index (χ0n) is 16.8. The molecule has 0 radical (unpaired) electrons. The Morgan fingerprint density at radius 3 is 2.57 bits per heavy atom. The van der Waals surface area contributed by atoms with Crippen LogP contribution < -0.4 is 10.6 Å². The first kappa shape index (κ1) is 22.7. The quantitative estimate of drug-likeness (QED) is 0.493. The monoisotopic (exact) mass is 457 g/mol. The molecular formula is C15H18B3ClF3N5O2S. The largest absolute Gasteiger partial charge is 0.465 e. The maximum atomic E-state index is 13.1.